The van der Waals surface area contributed by atoms with Crippen LogP contribution in [-0.4, -0.2) is 31.1 Å². The first-order valence-electron chi connectivity index (χ1n) is 4.24. The topological polar surface area (TPSA) is 47.9 Å². The number of esters is 1. The fraction of sp³-hybridized carbons (Fsp3) is 0.556. The van der Waals surface area contributed by atoms with Crippen molar-refractivity contribution in [3.8, 4) is 0 Å². The lowest BCUT2D eigenvalue weighted by molar-refractivity contribution is -0.146. The van der Waals surface area contributed by atoms with E-state index in [1.807, 2.05) is 0 Å². The van der Waals surface area contributed by atoms with Crippen LogP contribution in [-0.2, 0) is 14.3 Å². The van der Waals surface area contributed by atoms with Crippen molar-refractivity contribution in [1.82, 2.24) is 0 Å². The standard InChI is InChI=1S/C9H13NO3/c1-3-5-7-8(10-6-13-7)9(11)12-4-2/h3,6-8H,1,4-5H2,2H3. The minimum Gasteiger partial charge on any atom is -0.477 e. The molecule has 0 N–H and O–H groups in total. The van der Waals surface area contributed by atoms with Crippen LogP contribution in [0.3, 0.4) is 0 Å². The summed E-state index contributed by atoms with van der Waals surface area (Å²) < 4.78 is 9.95. The molecule has 0 saturated heterocycles. The predicted octanol–water partition coefficient (Wildman–Crippen LogP) is 0.921. The summed E-state index contributed by atoms with van der Waals surface area (Å²) in [6, 6.07) is -0.516. The Balaban J connectivity index is 2.51. The number of ether oxygens (including phenoxy) is 2. The maximum absolute atomic E-state index is 11.3. The van der Waals surface area contributed by atoms with Crippen molar-refractivity contribution < 1.29 is 14.3 Å². The fourth-order valence-corrected chi connectivity index (χ4v) is 1.14. The SMILES string of the molecule is C=CCC1OC=NC1C(=O)OCC. The van der Waals surface area contributed by atoms with E-state index in [0.29, 0.717) is 13.0 Å². The third-order valence-corrected chi connectivity index (χ3v) is 1.74. The second-order valence-electron chi connectivity index (χ2n) is 2.65. The lowest BCUT2D eigenvalue weighted by atomic mass is 10.1. The molecule has 0 bridgehead atoms. The third kappa shape index (κ3) is 2.31. The van der Waals surface area contributed by atoms with E-state index in [1.54, 1.807) is 13.0 Å². The van der Waals surface area contributed by atoms with E-state index in [1.165, 1.54) is 6.40 Å². The van der Waals surface area contributed by atoms with Crippen molar-refractivity contribution in [2.75, 3.05) is 6.61 Å². The van der Waals surface area contributed by atoms with Gasteiger partial charge in [0.2, 0.25) is 0 Å². The maximum Gasteiger partial charge on any atom is 0.334 e. The number of nitrogens with zero attached hydrogens (tertiary/aromatic N) is 1. The van der Waals surface area contributed by atoms with Crippen molar-refractivity contribution in [3.63, 3.8) is 0 Å². The summed E-state index contributed by atoms with van der Waals surface area (Å²) in [5, 5.41) is 0. The van der Waals surface area contributed by atoms with Crippen LogP contribution in [0.5, 0.6) is 0 Å². The lowest BCUT2D eigenvalue weighted by Gasteiger charge is -2.13. The molecule has 0 aliphatic carbocycles. The molecule has 0 fully saturated rings. The van der Waals surface area contributed by atoms with Gasteiger partial charge in [-0.3, -0.25) is 0 Å². The molecule has 0 saturated carbocycles. The highest BCUT2D eigenvalue weighted by molar-refractivity contribution is 5.79. The first kappa shape index (κ1) is 9.77. The first-order valence-corrected chi connectivity index (χ1v) is 4.24. The van der Waals surface area contributed by atoms with E-state index in [2.05, 4.69) is 11.6 Å². The molecule has 4 nitrogen and oxygen atoms in total. The number of hydrogen-bond acceptors (Lipinski definition) is 4. The summed E-state index contributed by atoms with van der Waals surface area (Å²) in [7, 11) is 0. The number of rotatable bonds is 4. The molecule has 1 rings (SSSR count). The van der Waals surface area contributed by atoms with Crippen molar-refractivity contribution >= 4 is 12.4 Å². The molecule has 2 unspecified atom stereocenters. The van der Waals surface area contributed by atoms with Gasteiger partial charge < -0.3 is 9.47 Å². The van der Waals surface area contributed by atoms with Gasteiger partial charge in [0.05, 0.1) is 6.61 Å². The van der Waals surface area contributed by atoms with E-state index in [-0.39, 0.29) is 12.1 Å². The third-order valence-electron chi connectivity index (χ3n) is 1.74. The average molecular weight is 183 g/mol. The van der Waals surface area contributed by atoms with Crippen molar-refractivity contribution in [2.45, 2.75) is 25.5 Å². The zero-order valence-electron chi connectivity index (χ0n) is 7.60. The Labute approximate surface area is 77.2 Å². The Morgan fingerprint density at radius 3 is 3.23 bits per heavy atom. The van der Waals surface area contributed by atoms with E-state index >= 15 is 0 Å². The summed E-state index contributed by atoms with van der Waals surface area (Å²) >= 11 is 0. The van der Waals surface area contributed by atoms with Crippen LogP contribution in [0, 0.1) is 0 Å². The Bertz CT molecular complexity index is 225. The maximum atomic E-state index is 11.3. The van der Waals surface area contributed by atoms with Gasteiger partial charge in [0.25, 0.3) is 0 Å². The average Bonchev–Trinajstić information content (AvgIpc) is 2.54. The van der Waals surface area contributed by atoms with Gasteiger partial charge in [-0.25, -0.2) is 9.79 Å². The van der Waals surface area contributed by atoms with Crippen molar-refractivity contribution in [2.24, 2.45) is 4.99 Å². The summed E-state index contributed by atoms with van der Waals surface area (Å²) in [6.07, 6.45) is 3.36. The number of carbonyl (C=O) groups is 1. The lowest BCUT2D eigenvalue weighted by Crippen LogP contribution is -2.31. The second-order valence-corrected chi connectivity index (χ2v) is 2.65. The van der Waals surface area contributed by atoms with Crippen LogP contribution in [0.25, 0.3) is 0 Å². The van der Waals surface area contributed by atoms with Gasteiger partial charge in [0.1, 0.15) is 6.10 Å². The highest BCUT2D eigenvalue weighted by Crippen LogP contribution is 2.14. The van der Waals surface area contributed by atoms with Gasteiger partial charge in [-0.15, -0.1) is 6.58 Å². The number of aliphatic imine (C=N–C) groups is 1. The Morgan fingerprint density at radius 2 is 2.62 bits per heavy atom. The second kappa shape index (κ2) is 4.64. The molecular formula is C9H13NO3. The zero-order chi connectivity index (χ0) is 9.68. The van der Waals surface area contributed by atoms with Crippen LogP contribution < -0.4 is 0 Å². The summed E-state index contributed by atoms with van der Waals surface area (Å²) in [6.45, 7) is 5.71. The zero-order valence-corrected chi connectivity index (χ0v) is 7.60. The quantitative estimate of drug-likeness (QED) is 0.481. The summed E-state index contributed by atoms with van der Waals surface area (Å²) in [5.74, 6) is -0.330. The summed E-state index contributed by atoms with van der Waals surface area (Å²) in [4.78, 5) is 15.2. The minimum atomic E-state index is -0.516. The smallest absolute Gasteiger partial charge is 0.334 e. The Kier molecular flexibility index (Phi) is 3.49. The van der Waals surface area contributed by atoms with Gasteiger partial charge >= 0.3 is 5.97 Å². The molecule has 0 spiro atoms. The number of carbonyl (C=O) groups excluding carboxylic acids is 1. The van der Waals surface area contributed by atoms with Gasteiger partial charge in [0, 0.05) is 6.42 Å². The molecule has 1 aliphatic rings. The fourth-order valence-electron chi connectivity index (χ4n) is 1.14. The molecule has 2 atom stereocenters. The van der Waals surface area contributed by atoms with Gasteiger partial charge in [-0.05, 0) is 6.92 Å². The molecule has 0 aromatic heterocycles. The molecule has 0 amide bonds. The van der Waals surface area contributed by atoms with Gasteiger partial charge in [0.15, 0.2) is 12.4 Å². The largest absolute Gasteiger partial charge is 0.477 e. The molecular weight excluding hydrogens is 170 g/mol. The van der Waals surface area contributed by atoms with Gasteiger partial charge in [-0.2, -0.15) is 0 Å². The normalized spacial score (nSPS) is 25.3. The van der Waals surface area contributed by atoms with E-state index in [4.69, 9.17) is 9.47 Å². The highest BCUT2D eigenvalue weighted by Gasteiger charge is 2.32. The molecule has 0 aromatic carbocycles. The van der Waals surface area contributed by atoms with Gasteiger partial charge in [-0.1, -0.05) is 6.08 Å². The number of hydrogen-bond donors (Lipinski definition) is 0. The monoisotopic (exact) mass is 183 g/mol. The Morgan fingerprint density at radius 1 is 1.85 bits per heavy atom. The molecule has 72 valence electrons. The molecule has 4 heteroatoms. The Hall–Kier alpha value is -1.32. The van der Waals surface area contributed by atoms with Crippen molar-refractivity contribution in [1.29, 1.82) is 0 Å². The van der Waals surface area contributed by atoms with E-state index in [0.717, 1.165) is 0 Å². The highest BCUT2D eigenvalue weighted by atomic mass is 16.5. The molecule has 0 radical (unpaired) electrons. The predicted molar refractivity (Wildman–Crippen MR) is 48.6 cm³/mol. The molecule has 1 heterocycles. The minimum absolute atomic E-state index is 0.239. The van der Waals surface area contributed by atoms with E-state index in [9.17, 15) is 4.79 Å². The van der Waals surface area contributed by atoms with Crippen LogP contribution >= 0.6 is 0 Å². The van der Waals surface area contributed by atoms with Crippen LogP contribution in [0.4, 0.5) is 0 Å². The van der Waals surface area contributed by atoms with Crippen molar-refractivity contribution in [3.05, 3.63) is 12.7 Å². The first-order chi connectivity index (χ1) is 6.29. The van der Waals surface area contributed by atoms with Crippen LogP contribution in [0.1, 0.15) is 13.3 Å². The molecule has 0 aromatic rings. The van der Waals surface area contributed by atoms with Crippen LogP contribution in [0.2, 0.25) is 0 Å². The molecule has 1 aliphatic heterocycles. The summed E-state index contributed by atoms with van der Waals surface area (Å²) in [5.41, 5.74) is 0. The van der Waals surface area contributed by atoms with E-state index < -0.39 is 6.04 Å². The molecule has 13 heavy (non-hydrogen) atoms. The van der Waals surface area contributed by atoms with Crippen LogP contribution in [0.15, 0.2) is 17.6 Å².